The third kappa shape index (κ3) is 4.65. The Bertz CT molecular complexity index is 1740. The van der Waals surface area contributed by atoms with Gasteiger partial charge in [-0.1, -0.05) is 30.3 Å². The van der Waals surface area contributed by atoms with Crippen molar-refractivity contribution in [1.29, 1.82) is 0 Å². The van der Waals surface area contributed by atoms with E-state index < -0.39 is 11.9 Å². The molecule has 7 rings (SSSR count). The molecular formula is C34H35N5O3. The zero-order chi connectivity index (χ0) is 29.0. The number of nitrogens with one attached hydrogen (secondary N) is 1. The summed E-state index contributed by atoms with van der Waals surface area (Å²) >= 11 is 0. The van der Waals surface area contributed by atoms with Crippen LogP contribution < -0.4 is 11.1 Å². The molecule has 8 nitrogen and oxygen atoms in total. The number of rotatable bonds is 6. The number of fused-ring (bicyclic) bond motifs is 4. The lowest BCUT2D eigenvalue weighted by molar-refractivity contribution is -0.141. The van der Waals surface area contributed by atoms with Gasteiger partial charge >= 0.3 is 0 Å². The molecule has 0 spiro atoms. The Hall–Kier alpha value is -4.46. The molecule has 1 saturated heterocycles. The Kier molecular flexibility index (Phi) is 6.56. The van der Waals surface area contributed by atoms with Gasteiger partial charge in [0.05, 0.1) is 5.56 Å². The molecule has 2 aliphatic carbocycles. The third-order valence-electron chi connectivity index (χ3n) is 9.42. The highest BCUT2D eigenvalue weighted by molar-refractivity contribution is 6.07. The standard InChI is InChI=1S/C34H35N5O3/c1-20-5-4-8-30(36-20)37-34(42)32-25-11-13-26(16-25)39(32)31(40)19-38-18-28(33(35)41)27-17-24(12-14-29(27)38)23-10-9-21-6-2-3-7-22(21)15-23/h4-5,8-10,12,14-15,17-18,25-26,32H,2-3,6-7,11,13,16,19H2,1H3,(H2,35,41)(H,36,37,42)/t25?,26?,32-/m0/s1. The zero-order valence-electron chi connectivity index (χ0n) is 23.8. The Morgan fingerprint density at radius 1 is 0.976 bits per heavy atom. The van der Waals surface area contributed by atoms with E-state index in [9.17, 15) is 14.4 Å². The Morgan fingerprint density at radius 2 is 1.76 bits per heavy atom. The molecule has 4 aromatic rings. The molecule has 3 atom stereocenters. The van der Waals surface area contributed by atoms with E-state index in [1.807, 2.05) is 37.3 Å². The first kappa shape index (κ1) is 26.4. The molecule has 0 radical (unpaired) electrons. The smallest absolute Gasteiger partial charge is 0.250 e. The van der Waals surface area contributed by atoms with Gasteiger partial charge in [0.15, 0.2) is 0 Å². The zero-order valence-corrected chi connectivity index (χ0v) is 23.8. The summed E-state index contributed by atoms with van der Waals surface area (Å²) in [4.78, 5) is 46.0. The van der Waals surface area contributed by atoms with Crippen LogP contribution in [-0.2, 0) is 29.0 Å². The van der Waals surface area contributed by atoms with Gasteiger partial charge in [-0.25, -0.2) is 4.98 Å². The average molecular weight is 562 g/mol. The highest BCUT2D eigenvalue weighted by Crippen LogP contribution is 2.43. The lowest BCUT2D eigenvalue weighted by Crippen LogP contribution is -2.51. The van der Waals surface area contributed by atoms with Crippen LogP contribution >= 0.6 is 0 Å². The van der Waals surface area contributed by atoms with Gasteiger partial charge < -0.3 is 20.5 Å². The fourth-order valence-corrected chi connectivity index (χ4v) is 7.44. The summed E-state index contributed by atoms with van der Waals surface area (Å²) < 4.78 is 1.80. The number of nitrogens with two attached hydrogens (primary N) is 1. The lowest BCUT2D eigenvalue weighted by Gasteiger charge is -2.34. The Labute approximate surface area is 244 Å². The second-order valence-electron chi connectivity index (χ2n) is 12.1. The largest absolute Gasteiger partial charge is 0.366 e. The van der Waals surface area contributed by atoms with Crippen LogP contribution in [0.15, 0.2) is 60.8 Å². The molecule has 2 aromatic heterocycles. The summed E-state index contributed by atoms with van der Waals surface area (Å²) in [6, 6.07) is 17.6. The number of benzene rings is 2. The minimum atomic E-state index is -0.536. The summed E-state index contributed by atoms with van der Waals surface area (Å²) in [5.74, 6) is -0.236. The lowest BCUT2D eigenvalue weighted by atomic mass is 9.89. The molecule has 3 heterocycles. The maximum Gasteiger partial charge on any atom is 0.250 e. The number of likely N-dealkylation sites (tertiary alicyclic amines) is 1. The molecule has 3 aliphatic rings. The summed E-state index contributed by atoms with van der Waals surface area (Å²) in [5, 5.41) is 3.67. The number of carbonyl (C=O) groups is 3. The first-order chi connectivity index (χ1) is 20.4. The molecule has 3 N–H and O–H groups in total. The minimum absolute atomic E-state index is 0.0255. The number of pyridine rings is 1. The van der Waals surface area contributed by atoms with Gasteiger partial charge in [0.2, 0.25) is 11.8 Å². The molecule has 2 aromatic carbocycles. The van der Waals surface area contributed by atoms with Crippen molar-refractivity contribution in [3.8, 4) is 11.1 Å². The molecular weight excluding hydrogens is 526 g/mol. The van der Waals surface area contributed by atoms with E-state index in [1.165, 1.54) is 24.0 Å². The van der Waals surface area contributed by atoms with E-state index >= 15 is 0 Å². The van der Waals surface area contributed by atoms with Crippen LogP contribution in [-0.4, -0.2) is 44.3 Å². The monoisotopic (exact) mass is 561 g/mol. The average Bonchev–Trinajstić information content (AvgIpc) is 3.70. The molecule has 1 aliphatic heterocycles. The second kappa shape index (κ2) is 10.4. The van der Waals surface area contributed by atoms with Crippen LogP contribution in [0.3, 0.4) is 0 Å². The summed E-state index contributed by atoms with van der Waals surface area (Å²) in [6.45, 7) is 1.90. The minimum Gasteiger partial charge on any atom is -0.366 e. The van der Waals surface area contributed by atoms with E-state index in [-0.39, 0.29) is 30.3 Å². The summed E-state index contributed by atoms with van der Waals surface area (Å²) in [6.07, 6.45) is 9.00. The number of nitrogens with zero attached hydrogens (tertiary/aromatic N) is 3. The molecule has 2 fully saturated rings. The van der Waals surface area contributed by atoms with E-state index in [1.54, 1.807) is 21.7 Å². The fraction of sp³-hybridized carbons (Fsp3) is 0.353. The maximum absolute atomic E-state index is 13.9. The predicted molar refractivity (Wildman–Crippen MR) is 162 cm³/mol. The van der Waals surface area contributed by atoms with E-state index in [0.717, 1.165) is 59.8 Å². The number of aryl methyl sites for hydroxylation is 3. The molecule has 8 heteroatoms. The second-order valence-corrected chi connectivity index (χ2v) is 12.1. The number of hydrogen-bond acceptors (Lipinski definition) is 4. The third-order valence-corrected chi connectivity index (χ3v) is 9.42. The number of hydrogen-bond donors (Lipinski definition) is 2. The first-order valence-electron chi connectivity index (χ1n) is 15.0. The van der Waals surface area contributed by atoms with Crippen molar-refractivity contribution in [2.75, 3.05) is 5.32 Å². The number of anilines is 1. The normalized spacial score (nSPS) is 21.0. The topological polar surface area (TPSA) is 110 Å². The van der Waals surface area contributed by atoms with Crippen molar-refractivity contribution in [3.05, 3.63) is 83.2 Å². The molecule has 214 valence electrons. The summed E-state index contributed by atoms with van der Waals surface area (Å²) in [5.41, 5.74) is 12.7. The predicted octanol–water partition coefficient (Wildman–Crippen LogP) is 5.01. The van der Waals surface area contributed by atoms with Gasteiger partial charge in [0, 0.05) is 28.8 Å². The highest BCUT2D eigenvalue weighted by atomic mass is 16.2. The van der Waals surface area contributed by atoms with Crippen LogP contribution in [0.5, 0.6) is 0 Å². The number of amides is 3. The van der Waals surface area contributed by atoms with Crippen molar-refractivity contribution < 1.29 is 14.4 Å². The van der Waals surface area contributed by atoms with Crippen molar-refractivity contribution in [3.63, 3.8) is 0 Å². The van der Waals surface area contributed by atoms with Gasteiger partial charge in [0.25, 0.3) is 5.91 Å². The van der Waals surface area contributed by atoms with Crippen molar-refractivity contribution in [2.45, 2.75) is 70.5 Å². The first-order valence-corrected chi connectivity index (χ1v) is 15.0. The molecule has 3 amide bonds. The SMILES string of the molecule is Cc1cccc(NC(=O)[C@@H]2C3CCC(C3)N2C(=O)Cn2cc(C(N)=O)c3cc(-c4ccc5c(c4)CCCC5)ccc32)n1. The van der Waals surface area contributed by atoms with E-state index in [4.69, 9.17) is 5.73 Å². The van der Waals surface area contributed by atoms with Gasteiger partial charge in [0.1, 0.15) is 18.4 Å². The quantitative estimate of drug-likeness (QED) is 0.345. The molecule has 42 heavy (non-hydrogen) atoms. The Morgan fingerprint density at radius 3 is 2.57 bits per heavy atom. The van der Waals surface area contributed by atoms with Gasteiger partial charge in [-0.2, -0.15) is 0 Å². The fourth-order valence-electron chi connectivity index (χ4n) is 7.44. The van der Waals surface area contributed by atoms with Crippen LogP contribution in [0.1, 0.15) is 59.3 Å². The van der Waals surface area contributed by atoms with E-state index in [2.05, 4.69) is 28.5 Å². The van der Waals surface area contributed by atoms with Crippen molar-refractivity contribution in [2.24, 2.45) is 11.7 Å². The van der Waals surface area contributed by atoms with E-state index in [0.29, 0.717) is 11.4 Å². The number of primary amides is 1. The van der Waals surface area contributed by atoms with Crippen LogP contribution in [0.4, 0.5) is 5.82 Å². The number of aromatic nitrogens is 2. The maximum atomic E-state index is 13.9. The van der Waals surface area contributed by atoms with Crippen molar-refractivity contribution >= 4 is 34.4 Å². The summed E-state index contributed by atoms with van der Waals surface area (Å²) in [7, 11) is 0. The molecule has 2 bridgehead atoms. The molecule has 1 saturated carbocycles. The van der Waals surface area contributed by atoms with Gasteiger partial charge in [-0.15, -0.1) is 0 Å². The Balaban J connectivity index is 1.17. The van der Waals surface area contributed by atoms with Gasteiger partial charge in [-0.3, -0.25) is 14.4 Å². The van der Waals surface area contributed by atoms with Crippen LogP contribution in [0.2, 0.25) is 0 Å². The van der Waals surface area contributed by atoms with Crippen molar-refractivity contribution in [1.82, 2.24) is 14.5 Å². The van der Waals surface area contributed by atoms with Gasteiger partial charge in [-0.05, 0) is 104 Å². The number of carbonyl (C=O) groups excluding carboxylic acids is 3. The highest BCUT2D eigenvalue weighted by Gasteiger charge is 2.51. The number of piperidine rings is 1. The van der Waals surface area contributed by atoms with Crippen LogP contribution in [0, 0.1) is 12.8 Å². The van der Waals surface area contributed by atoms with Crippen LogP contribution in [0.25, 0.3) is 22.0 Å². The molecule has 2 unspecified atom stereocenters.